The molecule has 47 heavy (non-hydrogen) atoms. The molecule has 2 aromatic carbocycles. The first-order chi connectivity index (χ1) is 22.5. The third-order valence-electron chi connectivity index (χ3n) is 9.30. The van der Waals surface area contributed by atoms with Crippen LogP contribution in [0.3, 0.4) is 0 Å². The number of alkyl halides is 2. The number of nitrogens with zero attached hydrogens (tertiary/aromatic N) is 5. The lowest BCUT2D eigenvalue weighted by molar-refractivity contribution is 0.0127. The number of halogens is 3. The van der Waals surface area contributed by atoms with Crippen LogP contribution in [-0.4, -0.2) is 38.8 Å². The van der Waals surface area contributed by atoms with E-state index in [1.165, 1.54) is 18.5 Å². The maximum absolute atomic E-state index is 14.1. The summed E-state index contributed by atoms with van der Waals surface area (Å²) < 4.78 is 30.1. The van der Waals surface area contributed by atoms with Crippen molar-refractivity contribution in [1.29, 1.82) is 5.41 Å². The number of hydrogen-bond donors (Lipinski definition) is 2. The molecule has 0 aliphatic carbocycles. The van der Waals surface area contributed by atoms with Crippen LogP contribution < -0.4 is 10.2 Å². The van der Waals surface area contributed by atoms with Crippen LogP contribution >= 0.6 is 11.6 Å². The maximum atomic E-state index is 14.1. The molecular formula is C37H38ClF2N7. The molecule has 0 bridgehead atoms. The maximum Gasteiger partial charge on any atom is 0.286 e. The highest BCUT2D eigenvalue weighted by Gasteiger charge is 2.36. The van der Waals surface area contributed by atoms with Gasteiger partial charge in [0, 0.05) is 74.9 Å². The van der Waals surface area contributed by atoms with Crippen molar-refractivity contribution in [1.82, 2.24) is 19.5 Å². The summed E-state index contributed by atoms with van der Waals surface area (Å²) in [6, 6.07) is 17.4. The van der Waals surface area contributed by atoms with E-state index in [4.69, 9.17) is 22.0 Å². The fraction of sp³-hybridized carbons (Fsp3) is 0.297. The largest absolute Gasteiger partial charge is 0.362 e. The van der Waals surface area contributed by atoms with Gasteiger partial charge in [0.2, 0.25) is 0 Å². The van der Waals surface area contributed by atoms with Crippen LogP contribution in [0.1, 0.15) is 60.8 Å². The van der Waals surface area contributed by atoms with E-state index in [1.54, 1.807) is 30.9 Å². The molecule has 0 spiro atoms. The van der Waals surface area contributed by atoms with Gasteiger partial charge in [0.1, 0.15) is 11.5 Å². The fourth-order valence-electron chi connectivity index (χ4n) is 6.35. The minimum atomic E-state index is -3.04. The second kappa shape index (κ2) is 12.9. The van der Waals surface area contributed by atoms with Gasteiger partial charge in [-0.25, -0.2) is 9.97 Å². The Morgan fingerprint density at radius 2 is 1.79 bits per heavy atom. The van der Waals surface area contributed by atoms with E-state index in [9.17, 15) is 8.78 Å². The highest BCUT2D eigenvalue weighted by atomic mass is 35.5. The Balaban J connectivity index is 1.46. The topological polar surface area (TPSA) is 82.7 Å². The molecule has 10 heteroatoms. The van der Waals surface area contributed by atoms with Gasteiger partial charge in [-0.3, -0.25) is 4.98 Å². The number of pyridine rings is 2. The Labute approximate surface area is 278 Å². The zero-order valence-electron chi connectivity index (χ0n) is 26.9. The van der Waals surface area contributed by atoms with Crippen molar-refractivity contribution in [3.05, 3.63) is 124 Å². The number of nitrogens with one attached hydrogen (secondary N) is 2. The van der Waals surface area contributed by atoms with E-state index in [1.807, 2.05) is 35.9 Å². The molecule has 242 valence electrons. The van der Waals surface area contributed by atoms with Gasteiger partial charge >= 0.3 is 0 Å². The number of fused-ring (bicyclic) bond motifs is 1. The summed E-state index contributed by atoms with van der Waals surface area (Å²) in [6.07, 6.45) is 11.4. The zero-order valence-corrected chi connectivity index (χ0v) is 27.7. The van der Waals surface area contributed by atoms with Crippen LogP contribution in [0.2, 0.25) is 5.02 Å². The van der Waals surface area contributed by atoms with Crippen molar-refractivity contribution in [2.75, 3.05) is 23.3 Å². The van der Waals surface area contributed by atoms with Crippen molar-refractivity contribution in [2.24, 2.45) is 13.0 Å². The lowest BCUT2D eigenvalue weighted by Crippen LogP contribution is -2.47. The average molecular weight is 654 g/mol. The summed E-state index contributed by atoms with van der Waals surface area (Å²) in [5.74, 6) is -1.50. The number of benzene rings is 2. The number of allylic oxidation sites excluding steroid dienone is 1. The van der Waals surface area contributed by atoms with E-state index in [-0.39, 0.29) is 5.69 Å². The molecule has 0 amide bonds. The smallest absolute Gasteiger partial charge is 0.286 e. The number of aryl methyl sites for hydroxylation is 1. The van der Waals surface area contributed by atoms with E-state index in [0.29, 0.717) is 17.4 Å². The lowest BCUT2D eigenvalue weighted by Gasteiger charge is -2.41. The molecule has 2 N–H and O–H groups in total. The second-order valence-corrected chi connectivity index (χ2v) is 12.9. The molecule has 6 rings (SSSR count). The average Bonchev–Trinajstić information content (AvgIpc) is 3.48. The monoisotopic (exact) mass is 653 g/mol. The third-order valence-corrected chi connectivity index (χ3v) is 9.73. The first-order valence-corrected chi connectivity index (χ1v) is 16.1. The molecule has 1 atom stereocenters. The number of hydrogen-bond acceptors (Lipinski definition) is 6. The van der Waals surface area contributed by atoms with Crippen molar-refractivity contribution in [3.8, 4) is 0 Å². The molecule has 1 aliphatic heterocycles. The van der Waals surface area contributed by atoms with Crippen molar-refractivity contribution in [2.45, 2.75) is 45.0 Å². The third kappa shape index (κ3) is 6.24. The normalized spacial score (nSPS) is 15.2. The SMILES string of the molecule is CCC1CN(c2nc3ccc(C(C)(c4ccc(C(C)(F)F)nc4)c4cncn4C)cc3c(Cl)c2Cc2ccc(N/C=C\C=N)cc2)C1. The summed E-state index contributed by atoms with van der Waals surface area (Å²) in [5, 5.41) is 11.8. The van der Waals surface area contributed by atoms with Gasteiger partial charge in [-0.15, -0.1) is 0 Å². The van der Waals surface area contributed by atoms with Gasteiger partial charge in [0.25, 0.3) is 5.92 Å². The van der Waals surface area contributed by atoms with Crippen molar-refractivity contribution in [3.63, 3.8) is 0 Å². The lowest BCUT2D eigenvalue weighted by atomic mass is 9.74. The van der Waals surface area contributed by atoms with Crippen LogP contribution in [0.15, 0.2) is 85.6 Å². The van der Waals surface area contributed by atoms with Gasteiger partial charge < -0.3 is 20.2 Å². The van der Waals surface area contributed by atoms with Crippen LogP contribution in [0.25, 0.3) is 10.9 Å². The highest BCUT2D eigenvalue weighted by molar-refractivity contribution is 6.36. The number of aromatic nitrogens is 4. The molecule has 4 heterocycles. The van der Waals surface area contributed by atoms with E-state index in [2.05, 4.69) is 52.2 Å². The Morgan fingerprint density at radius 3 is 2.40 bits per heavy atom. The second-order valence-electron chi connectivity index (χ2n) is 12.5. The van der Waals surface area contributed by atoms with Gasteiger partial charge in [0.15, 0.2) is 0 Å². The van der Waals surface area contributed by atoms with Crippen LogP contribution in [0, 0.1) is 11.3 Å². The molecule has 1 unspecified atom stereocenters. The van der Waals surface area contributed by atoms with Crippen LogP contribution in [0.4, 0.5) is 20.3 Å². The summed E-state index contributed by atoms with van der Waals surface area (Å²) in [4.78, 5) is 16.1. The minimum Gasteiger partial charge on any atom is -0.362 e. The summed E-state index contributed by atoms with van der Waals surface area (Å²) in [6.45, 7) is 7.01. The molecule has 1 aliphatic rings. The quantitative estimate of drug-likeness (QED) is 0.140. The number of anilines is 2. The molecule has 1 fully saturated rings. The van der Waals surface area contributed by atoms with Crippen molar-refractivity contribution >= 4 is 40.2 Å². The molecule has 7 nitrogen and oxygen atoms in total. The van der Waals surface area contributed by atoms with E-state index >= 15 is 0 Å². The summed E-state index contributed by atoms with van der Waals surface area (Å²) in [5.41, 5.74) is 5.27. The van der Waals surface area contributed by atoms with Gasteiger partial charge in [-0.2, -0.15) is 8.78 Å². The minimum absolute atomic E-state index is 0.278. The Bertz CT molecular complexity index is 1920. The van der Waals surface area contributed by atoms with Gasteiger partial charge in [-0.05, 0) is 72.4 Å². The van der Waals surface area contributed by atoms with Crippen molar-refractivity contribution < 1.29 is 8.78 Å². The summed E-state index contributed by atoms with van der Waals surface area (Å²) in [7, 11) is 1.92. The zero-order chi connectivity index (χ0) is 33.3. The number of rotatable bonds is 11. The van der Waals surface area contributed by atoms with Gasteiger partial charge in [-0.1, -0.05) is 42.8 Å². The molecule has 0 saturated carbocycles. The van der Waals surface area contributed by atoms with Crippen LogP contribution in [0.5, 0.6) is 0 Å². The summed E-state index contributed by atoms with van der Waals surface area (Å²) >= 11 is 7.38. The predicted octanol–water partition coefficient (Wildman–Crippen LogP) is 8.49. The first-order valence-electron chi connectivity index (χ1n) is 15.7. The molecule has 1 saturated heterocycles. The van der Waals surface area contributed by atoms with Gasteiger partial charge in [0.05, 0.1) is 28.0 Å². The standard InChI is InChI=1S/C37H38ClF2N7/c1-5-24-21-47(22-24)35-30(17-25-7-11-28(12-8-25)43-16-6-15-41)34(38)29-18-26(9-13-31(29)45-35)36(2,33-20-42-23-46(33)4)27-10-14-32(44-19-27)37(3,39)40/h6-16,18-20,23-24,41,43H,5,17,21-22H2,1-4H3/b16-6-,41-15?. The van der Waals surface area contributed by atoms with E-state index < -0.39 is 11.3 Å². The predicted molar refractivity (Wildman–Crippen MR) is 186 cm³/mol. The Morgan fingerprint density at radius 1 is 1.04 bits per heavy atom. The molecule has 5 aromatic rings. The molecular weight excluding hydrogens is 616 g/mol. The van der Waals surface area contributed by atoms with Crippen LogP contribution in [-0.2, 0) is 24.8 Å². The highest BCUT2D eigenvalue weighted by Crippen LogP contribution is 2.43. The molecule has 3 aromatic heterocycles. The first kappa shape index (κ1) is 32.3. The van der Waals surface area contributed by atoms with E-state index in [0.717, 1.165) is 76.8 Å². The number of imidazole rings is 1. The Hall–Kier alpha value is -4.63. The molecule has 0 radical (unpaired) electrons. The Kier molecular flexibility index (Phi) is 8.85. The fourth-order valence-corrected chi connectivity index (χ4v) is 6.65.